The lowest BCUT2D eigenvalue weighted by atomic mass is 9.76. The first-order valence-electron chi connectivity index (χ1n) is 10.4. The number of piperidine rings is 2. The van der Waals surface area contributed by atoms with Gasteiger partial charge in [-0.2, -0.15) is 9.97 Å². The van der Waals surface area contributed by atoms with Crippen LogP contribution in [0, 0.1) is 5.92 Å². The predicted molar refractivity (Wildman–Crippen MR) is 113 cm³/mol. The maximum atomic E-state index is 14.8. The molecule has 1 N–H and O–H groups in total. The topological polar surface area (TPSA) is 106 Å². The Labute approximate surface area is 184 Å². The Morgan fingerprint density at radius 1 is 1.12 bits per heavy atom. The highest BCUT2D eigenvalue weighted by molar-refractivity contribution is 5.71. The van der Waals surface area contributed by atoms with Gasteiger partial charge in [-0.1, -0.05) is 6.07 Å². The lowest BCUT2D eigenvalue weighted by molar-refractivity contribution is -0.0891. The first-order valence-corrected chi connectivity index (χ1v) is 10.4. The highest BCUT2D eigenvalue weighted by Gasteiger charge is 2.48. The van der Waals surface area contributed by atoms with E-state index < -0.39 is 12.3 Å². The number of rotatable bonds is 5. The molecule has 2 unspecified atom stereocenters. The third kappa shape index (κ3) is 3.70. The molecule has 9 nitrogen and oxygen atoms in total. The monoisotopic (exact) mass is 438 g/mol. The van der Waals surface area contributed by atoms with E-state index in [0.29, 0.717) is 22.6 Å². The highest BCUT2D eigenvalue weighted by Crippen LogP contribution is 2.38. The molecule has 10 heteroatoms. The first kappa shape index (κ1) is 20.5. The molecule has 4 atom stereocenters. The summed E-state index contributed by atoms with van der Waals surface area (Å²) in [4.78, 5) is 14.2. The van der Waals surface area contributed by atoms with Crippen LogP contribution in [-0.2, 0) is 0 Å². The molecular formula is C22H23FN6O3. The Bertz CT molecular complexity index is 1110. The van der Waals surface area contributed by atoms with Gasteiger partial charge in [0.1, 0.15) is 18.2 Å². The highest BCUT2D eigenvalue weighted by atomic mass is 19.1. The summed E-state index contributed by atoms with van der Waals surface area (Å²) in [5, 5.41) is 18.8. The minimum absolute atomic E-state index is 0.00120. The minimum Gasteiger partial charge on any atom is -0.507 e. The van der Waals surface area contributed by atoms with Crippen molar-refractivity contribution >= 4 is 0 Å². The normalized spacial score (nSPS) is 25.0. The number of aromatic nitrogens is 5. The number of halogens is 1. The van der Waals surface area contributed by atoms with Crippen LogP contribution in [0.5, 0.6) is 17.6 Å². The third-order valence-corrected chi connectivity index (χ3v) is 6.23. The fraction of sp³-hybridized carbons (Fsp3) is 0.409. The van der Waals surface area contributed by atoms with Gasteiger partial charge >= 0.3 is 6.01 Å². The molecule has 1 saturated carbocycles. The van der Waals surface area contributed by atoms with Crippen LogP contribution in [0.1, 0.15) is 12.8 Å². The fourth-order valence-corrected chi connectivity index (χ4v) is 4.58. The van der Waals surface area contributed by atoms with Crippen LogP contribution < -0.4 is 9.47 Å². The van der Waals surface area contributed by atoms with Crippen molar-refractivity contribution in [2.24, 2.45) is 5.92 Å². The fourth-order valence-electron chi connectivity index (χ4n) is 4.58. The number of aromatic hydroxyl groups is 1. The van der Waals surface area contributed by atoms with E-state index in [1.54, 1.807) is 30.3 Å². The van der Waals surface area contributed by atoms with Crippen LogP contribution in [0.15, 0.2) is 36.7 Å². The van der Waals surface area contributed by atoms with Gasteiger partial charge in [-0.15, -0.1) is 10.2 Å². The standard InChI is InChI=1S/C22H23FN6O3/c1-29-10-13-4-7-16(29)19(23)20(13)32-18-8-6-15(27-28-18)14-5-3-12(9-17(14)30)21-24-11-25-22(26-21)31-2/h3,5-6,8-9,11,13,16,19-20,30H,4,7,10H2,1-2H3/t13?,16?,19-,20+/m1/s1. The smallest absolute Gasteiger partial charge is 0.319 e. The Kier molecular flexibility index (Phi) is 5.30. The van der Waals surface area contributed by atoms with Crippen molar-refractivity contribution in [1.29, 1.82) is 0 Å². The van der Waals surface area contributed by atoms with Crippen LogP contribution in [0.3, 0.4) is 0 Å². The van der Waals surface area contributed by atoms with Gasteiger partial charge in [-0.25, -0.2) is 9.37 Å². The van der Waals surface area contributed by atoms with Gasteiger partial charge < -0.3 is 14.6 Å². The zero-order valence-corrected chi connectivity index (χ0v) is 17.7. The van der Waals surface area contributed by atoms with Crippen LogP contribution in [0.4, 0.5) is 4.39 Å². The second-order valence-corrected chi connectivity index (χ2v) is 8.16. The molecule has 0 radical (unpaired) electrons. The molecule has 1 aromatic carbocycles. The van der Waals surface area contributed by atoms with Gasteiger partial charge in [0, 0.05) is 35.7 Å². The molecule has 3 fully saturated rings. The molecule has 3 aliphatic rings. The van der Waals surface area contributed by atoms with Gasteiger partial charge in [0.15, 0.2) is 12.0 Å². The quantitative estimate of drug-likeness (QED) is 0.643. The Morgan fingerprint density at radius 2 is 2.00 bits per heavy atom. The van der Waals surface area contributed by atoms with Gasteiger partial charge in [0.25, 0.3) is 0 Å². The van der Waals surface area contributed by atoms with Crippen LogP contribution in [0.2, 0.25) is 0 Å². The van der Waals surface area contributed by atoms with Crippen LogP contribution in [0.25, 0.3) is 22.6 Å². The number of methoxy groups -OCH3 is 1. The maximum Gasteiger partial charge on any atom is 0.319 e. The lowest BCUT2D eigenvalue weighted by Gasteiger charge is -2.49. The zero-order valence-electron chi connectivity index (χ0n) is 17.7. The molecule has 32 heavy (non-hydrogen) atoms. The molecule has 2 saturated heterocycles. The number of ether oxygens (including phenoxy) is 2. The molecule has 166 valence electrons. The summed E-state index contributed by atoms with van der Waals surface area (Å²) in [6.07, 6.45) is 1.61. The largest absolute Gasteiger partial charge is 0.507 e. The number of alkyl halides is 1. The summed E-state index contributed by atoms with van der Waals surface area (Å²) in [5.74, 6) is 0.806. The van der Waals surface area contributed by atoms with Gasteiger partial charge in [0.05, 0.1) is 12.8 Å². The third-order valence-electron chi connectivity index (χ3n) is 6.23. The summed E-state index contributed by atoms with van der Waals surface area (Å²) >= 11 is 0. The minimum atomic E-state index is -1.04. The average Bonchev–Trinajstić information content (AvgIpc) is 2.82. The molecule has 0 amide bonds. The van der Waals surface area contributed by atoms with Gasteiger partial charge in [0.2, 0.25) is 5.88 Å². The van der Waals surface area contributed by atoms with Crippen molar-refractivity contribution in [2.75, 3.05) is 20.7 Å². The van der Waals surface area contributed by atoms with E-state index in [4.69, 9.17) is 9.47 Å². The Morgan fingerprint density at radius 3 is 2.69 bits per heavy atom. The molecule has 2 bridgehead atoms. The number of hydrogen-bond donors (Lipinski definition) is 1. The number of nitrogens with zero attached hydrogens (tertiary/aromatic N) is 6. The van der Waals surface area contributed by atoms with Gasteiger partial charge in [-0.3, -0.25) is 4.90 Å². The van der Waals surface area contributed by atoms with E-state index in [1.165, 1.54) is 13.4 Å². The van der Waals surface area contributed by atoms with Crippen molar-refractivity contribution in [1.82, 2.24) is 30.0 Å². The number of phenols is 1. The summed E-state index contributed by atoms with van der Waals surface area (Å²) in [5.41, 5.74) is 1.57. The second-order valence-electron chi connectivity index (χ2n) is 8.16. The van der Waals surface area contributed by atoms with Crippen LogP contribution in [-0.4, -0.2) is 74.2 Å². The van der Waals surface area contributed by atoms with Crippen molar-refractivity contribution in [2.45, 2.75) is 31.2 Å². The summed E-state index contributed by atoms with van der Waals surface area (Å²) in [6, 6.07) is 8.46. The first-order chi connectivity index (χ1) is 15.5. The SMILES string of the molecule is COc1ncnc(-c2ccc(-c3ccc(O[C@H]4C5CCC([C@H]4F)N(C)C5)nn3)c(O)c2)n1. The average molecular weight is 438 g/mol. The summed E-state index contributed by atoms with van der Waals surface area (Å²) in [6.45, 7) is 0.828. The van der Waals surface area contributed by atoms with Crippen molar-refractivity contribution in [3.8, 4) is 40.3 Å². The summed E-state index contributed by atoms with van der Waals surface area (Å²) < 4.78 is 25.7. The molecule has 6 rings (SSSR count). The van der Waals surface area contributed by atoms with Gasteiger partial charge in [-0.05, 0) is 38.1 Å². The van der Waals surface area contributed by atoms with E-state index in [-0.39, 0.29) is 29.6 Å². The number of phenolic OH excluding ortho intramolecular Hbond substituents is 1. The van der Waals surface area contributed by atoms with E-state index in [9.17, 15) is 9.50 Å². The van der Waals surface area contributed by atoms with Crippen molar-refractivity contribution < 1.29 is 19.0 Å². The molecular weight excluding hydrogens is 415 g/mol. The number of benzene rings is 1. The zero-order chi connectivity index (χ0) is 22.2. The second kappa shape index (κ2) is 8.27. The number of fused-ring (bicyclic) bond motifs is 3. The van der Waals surface area contributed by atoms with E-state index in [2.05, 4.69) is 30.0 Å². The van der Waals surface area contributed by atoms with E-state index in [1.807, 2.05) is 7.05 Å². The number of hydrogen-bond acceptors (Lipinski definition) is 9. The van der Waals surface area contributed by atoms with Crippen molar-refractivity contribution in [3.05, 3.63) is 36.7 Å². The maximum absolute atomic E-state index is 14.8. The van der Waals surface area contributed by atoms with E-state index >= 15 is 0 Å². The molecule has 3 aromatic rings. The molecule has 4 heterocycles. The van der Waals surface area contributed by atoms with Crippen molar-refractivity contribution in [3.63, 3.8) is 0 Å². The molecule has 2 aromatic heterocycles. The van der Waals surface area contributed by atoms with Crippen LogP contribution >= 0.6 is 0 Å². The Balaban J connectivity index is 1.33. The molecule has 0 spiro atoms. The predicted octanol–water partition coefficient (Wildman–Crippen LogP) is 2.52. The van der Waals surface area contributed by atoms with E-state index in [0.717, 1.165) is 19.4 Å². The summed E-state index contributed by atoms with van der Waals surface area (Å²) in [7, 11) is 3.43. The molecule has 1 aliphatic carbocycles. The lowest BCUT2D eigenvalue weighted by Crippen LogP contribution is -2.61. The molecule has 2 aliphatic heterocycles. The Hall–Kier alpha value is -3.40.